The quantitative estimate of drug-likeness (QED) is 0.336. The zero-order chi connectivity index (χ0) is 26.1. The van der Waals surface area contributed by atoms with Crippen LogP contribution in [0.5, 0.6) is 0 Å². The predicted molar refractivity (Wildman–Crippen MR) is 151 cm³/mol. The Morgan fingerprint density at radius 2 is 1.51 bits per heavy atom. The van der Waals surface area contributed by atoms with E-state index >= 15 is 0 Å². The van der Waals surface area contributed by atoms with E-state index in [0.29, 0.717) is 6.61 Å². The molecule has 0 bridgehead atoms. The molecule has 1 aromatic carbocycles. The summed E-state index contributed by atoms with van der Waals surface area (Å²) in [6.07, 6.45) is 3.63. The standard InChI is InChI=1S/C29H47NO3Si2/c1-28(2,3)34(7,8)31-21-27-26(33-35(9,10)29(4,5)6)19-25(32-27)23-16-17-24(30-20-23)18-22-14-12-11-13-15-22/h11-17,20,25-27H,18-19,21H2,1-10H3/t25-,26+,27-/m1/s1. The first-order chi connectivity index (χ1) is 16.1. The number of hydrogen-bond donors (Lipinski definition) is 0. The lowest BCUT2D eigenvalue weighted by atomic mass is 10.0. The number of rotatable bonds is 8. The van der Waals surface area contributed by atoms with Crippen molar-refractivity contribution in [3.8, 4) is 0 Å². The van der Waals surface area contributed by atoms with E-state index in [2.05, 4.69) is 104 Å². The van der Waals surface area contributed by atoms with Crippen LogP contribution < -0.4 is 0 Å². The smallest absolute Gasteiger partial charge is 0.192 e. The minimum absolute atomic E-state index is 0.0175. The van der Waals surface area contributed by atoms with Crippen molar-refractivity contribution in [2.45, 2.75) is 109 Å². The van der Waals surface area contributed by atoms with Crippen molar-refractivity contribution in [2.75, 3.05) is 6.61 Å². The molecule has 0 amide bonds. The highest BCUT2D eigenvalue weighted by atomic mass is 28.4. The van der Waals surface area contributed by atoms with E-state index < -0.39 is 16.6 Å². The Hall–Kier alpha value is -1.32. The molecule has 2 heterocycles. The Balaban J connectivity index is 1.75. The van der Waals surface area contributed by atoms with Crippen molar-refractivity contribution in [1.29, 1.82) is 0 Å². The largest absolute Gasteiger partial charge is 0.414 e. The van der Waals surface area contributed by atoms with E-state index in [0.717, 1.165) is 24.1 Å². The van der Waals surface area contributed by atoms with Crippen LogP contribution in [0.4, 0.5) is 0 Å². The number of nitrogens with zero attached hydrogens (tertiary/aromatic N) is 1. The average molecular weight is 514 g/mol. The molecule has 2 aromatic rings. The fraction of sp³-hybridized carbons (Fsp3) is 0.621. The molecule has 3 rings (SSSR count). The van der Waals surface area contributed by atoms with Crippen LogP contribution >= 0.6 is 0 Å². The van der Waals surface area contributed by atoms with Gasteiger partial charge in [-0.1, -0.05) is 77.9 Å². The number of aromatic nitrogens is 1. The normalized spacial score (nSPS) is 21.9. The van der Waals surface area contributed by atoms with Gasteiger partial charge in [0.15, 0.2) is 16.6 Å². The summed E-state index contributed by atoms with van der Waals surface area (Å²) in [6.45, 7) is 23.6. The molecule has 0 saturated carbocycles. The van der Waals surface area contributed by atoms with Gasteiger partial charge < -0.3 is 13.6 Å². The van der Waals surface area contributed by atoms with Gasteiger partial charge >= 0.3 is 0 Å². The minimum atomic E-state index is -1.95. The summed E-state index contributed by atoms with van der Waals surface area (Å²) in [7, 11) is -3.83. The molecule has 0 aliphatic carbocycles. The fourth-order valence-corrected chi connectivity index (χ4v) is 6.17. The molecular weight excluding hydrogens is 466 g/mol. The summed E-state index contributed by atoms with van der Waals surface area (Å²) in [6, 6.07) is 14.8. The molecule has 6 heteroatoms. The van der Waals surface area contributed by atoms with Crippen molar-refractivity contribution in [3.63, 3.8) is 0 Å². The maximum absolute atomic E-state index is 6.91. The van der Waals surface area contributed by atoms with Gasteiger partial charge in [0, 0.05) is 24.7 Å². The van der Waals surface area contributed by atoms with Gasteiger partial charge in [-0.05, 0) is 53.5 Å². The van der Waals surface area contributed by atoms with Gasteiger partial charge in [0.2, 0.25) is 0 Å². The Morgan fingerprint density at radius 3 is 2.06 bits per heavy atom. The van der Waals surface area contributed by atoms with Gasteiger partial charge in [0.05, 0.1) is 18.8 Å². The molecule has 0 N–H and O–H groups in total. The van der Waals surface area contributed by atoms with Gasteiger partial charge in [-0.2, -0.15) is 0 Å². The van der Waals surface area contributed by atoms with Crippen molar-refractivity contribution in [2.24, 2.45) is 0 Å². The Labute approximate surface area is 216 Å². The van der Waals surface area contributed by atoms with Gasteiger partial charge in [-0.15, -0.1) is 0 Å². The van der Waals surface area contributed by atoms with Crippen LogP contribution in [0.2, 0.25) is 36.3 Å². The monoisotopic (exact) mass is 513 g/mol. The lowest BCUT2D eigenvalue weighted by Gasteiger charge is -2.40. The molecule has 1 aliphatic heterocycles. The lowest BCUT2D eigenvalue weighted by molar-refractivity contribution is -0.0165. The van der Waals surface area contributed by atoms with Crippen LogP contribution in [0.25, 0.3) is 0 Å². The van der Waals surface area contributed by atoms with Gasteiger partial charge in [-0.3, -0.25) is 4.98 Å². The number of ether oxygens (including phenoxy) is 1. The highest BCUT2D eigenvalue weighted by molar-refractivity contribution is 6.74. The van der Waals surface area contributed by atoms with Gasteiger partial charge in [0.25, 0.3) is 0 Å². The molecule has 1 aromatic heterocycles. The number of pyridine rings is 1. The van der Waals surface area contributed by atoms with E-state index in [9.17, 15) is 0 Å². The second-order valence-electron chi connectivity index (χ2n) is 13.1. The third kappa shape index (κ3) is 7.13. The average Bonchev–Trinajstić information content (AvgIpc) is 3.14. The van der Waals surface area contributed by atoms with E-state index in [1.807, 2.05) is 12.3 Å². The zero-order valence-corrected chi connectivity index (χ0v) is 25.6. The molecule has 3 atom stereocenters. The SMILES string of the molecule is CC(C)(C)[Si](C)(C)OC[C@H]1O[C@@H](c2ccc(Cc3ccccc3)nc2)C[C@@H]1O[Si](C)(C)C(C)(C)C. The van der Waals surface area contributed by atoms with Crippen LogP contribution in [0.15, 0.2) is 48.7 Å². The molecule has 0 unspecified atom stereocenters. The van der Waals surface area contributed by atoms with Crippen molar-refractivity contribution in [3.05, 3.63) is 65.5 Å². The highest BCUT2D eigenvalue weighted by Gasteiger charge is 2.46. The molecule has 0 radical (unpaired) electrons. The third-order valence-corrected chi connectivity index (χ3v) is 17.3. The van der Waals surface area contributed by atoms with Crippen LogP contribution in [-0.2, 0) is 20.0 Å². The van der Waals surface area contributed by atoms with Gasteiger partial charge in [-0.25, -0.2) is 0 Å². The molecule has 1 aliphatic rings. The zero-order valence-electron chi connectivity index (χ0n) is 23.6. The molecule has 0 spiro atoms. The summed E-state index contributed by atoms with van der Waals surface area (Å²) >= 11 is 0. The second-order valence-corrected chi connectivity index (χ2v) is 22.7. The Bertz CT molecular complexity index is 947. The van der Waals surface area contributed by atoms with Crippen LogP contribution in [0, 0.1) is 0 Å². The Kier molecular flexibility index (Phi) is 8.54. The number of hydrogen-bond acceptors (Lipinski definition) is 4. The fourth-order valence-electron chi connectivity index (χ4n) is 3.80. The van der Waals surface area contributed by atoms with E-state index in [-0.39, 0.29) is 28.4 Å². The van der Waals surface area contributed by atoms with Crippen LogP contribution in [0.1, 0.15) is 70.9 Å². The topological polar surface area (TPSA) is 40.6 Å². The minimum Gasteiger partial charge on any atom is -0.414 e. The first-order valence-electron chi connectivity index (χ1n) is 13.0. The van der Waals surface area contributed by atoms with E-state index in [1.165, 1.54) is 5.56 Å². The summed E-state index contributed by atoms with van der Waals surface area (Å²) < 4.78 is 20.2. The summed E-state index contributed by atoms with van der Waals surface area (Å²) in [5, 5.41) is 0.315. The Morgan fingerprint density at radius 1 is 0.886 bits per heavy atom. The summed E-state index contributed by atoms with van der Waals surface area (Å²) in [5.41, 5.74) is 3.47. The molecule has 1 fully saturated rings. The highest BCUT2D eigenvalue weighted by Crippen LogP contribution is 2.43. The molecule has 1 saturated heterocycles. The predicted octanol–water partition coefficient (Wildman–Crippen LogP) is 7.91. The summed E-state index contributed by atoms with van der Waals surface area (Å²) in [5.74, 6) is 0. The van der Waals surface area contributed by atoms with Crippen molar-refractivity contribution < 1.29 is 13.6 Å². The van der Waals surface area contributed by atoms with E-state index in [4.69, 9.17) is 18.6 Å². The van der Waals surface area contributed by atoms with Gasteiger partial charge in [0.1, 0.15) is 6.10 Å². The molecule has 35 heavy (non-hydrogen) atoms. The first-order valence-corrected chi connectivity index (χ1v) is 18.9. The third-order valence-electron chi connectivity index (χ3n) is 8.31. The van der Waals surface area contributed by atoms with Crippen molar-refractivity contribution in [1.82, 2.24) is 4.98 Å². The maximum Gasteiger partial charge on any atom is 0.192 e. The summed E-state index contributed by atoms with van der Waals surface area (Å²) in [4.78, 5) is 4.76. The molecule has 4 nitrogen and oxygen atoms in total. The first kappa shape index (κ1) is 28.3. The van der Waals surface area contributed by atoms with Crippen molar-refractivity contribution >= 4 is 16.6 Å². The second kappa shape index (κ2) is 10.6. The van der Waals surface area contributed by atoms with E-state index in [1.54, 1.807) is 0 Å². The van der Waals surface area contributed by atoms with Crippen LogP contribution in [-0.4, -0.2) is 40.4 Å². The molecular formula is C29H47NO3Si2. The number of benzene rings is 1. The van der Waals surface area contributed by atoms with Crippen LogP contribution in [0.3, 0.4) is 0 Å². The molecule has 194 valence electrons. The maximum atomic E-state index is 6.91. The lowest BCUT2D eigenvalue weighted by Crippen LogP contribution is -2.48.